The number of aromatic carboxylic acids is 2. The van der Waals surface area contributed by atoms with E-state index in [-0.39, 0.29) is 4.90 Å². The van der Waals surface area contributed by atoms with Gasteiger partial charge in [-0.15, -0.1) is 11.8 Å². The van der Waals surface area contributed by atoms with Crippen LogP contribution in [0.1, 0.15) is 20.7 Å². The van der Waals surface area contributed by atoms with Crippen molar-refractivity contribution in [2.24, 2.45) is 0 Å². The van der Waals surface area contributed by atoms with Gasteiger partial charge in [0.05, 0.1) is 5.56 Å². The fraction of sp³-hybridized carbons (Fsp3) is 0.111. The summed E-state index contributed by atoms with van der Waals surface area (Å²) in [6.07, 6.45) is 1.59. The van der Waals surface area contributed by atoms with Crippen molar-refractivity contribution in [3.8, 4) is 0 Å². The van der Waals surface area contributed by atoms with Gasteiger partial charge in [0.25, 0.3) is 0 Å². The number of thioether (sulfide) groups is 1. The number of carboxylic acid groups (broad SMARTS) is 2. The summed E-state index contributed by atoms with van der Waals surface area (Å²) in [7, 11) is 0. The smallest absolute Gasteiger partial charge is 0.339 e. The first-order valence-corrected chi connectivity index (χ1v) is 5.04. The van der Waals surface area contributed by atoms with E-state index in [1.54, 1.807) is 6.26 Å². The predicted molar refractivity (Wildman–Crippen MR) is 52.1 cm³/mol. The summed E-state index contributed by atoms with van der Waals surface area (Å²) in [4.78, 5) is 21.7. The molecule has 0 saturated carbocycles. The Morgan fingerprint density at radius 2 is 1.73 bits per heavy atom. The van der Waals surface area contributed by atoms with Crippen LogP contribution in [-0.2, 0) is 0 Å². The normalized spacial score (nSPS) is 10.0. The molecule has 0 aliphatic carbocycles. The zero-order valence-corrected chi connectivity index (χ0v) is 8.47. The molecule has 0 aliphatic heterocycles. The van der Waals surface area contributed by atoms with Crippen molar-refractivity contribution >= 4 is 23.7 Å². The Labute approximate surface area is 88.7 Å². The van der Waals surface area contributed by atoms with Crippen molar-refractivity contribution in [2.75, 3.05) is 6.26 Å². The Morgan fingerprint density at radius 3 is 2.13 bits per heavy atom. The zero-order valence-electron chi connectivity index (χ0n) is 7.65. The van der Waals surface area contributed by atoms with Crippen LogP contribution in [0.2, 0.25) is 0 Å². The first-order valence-electron chi connectivity index (χ1n) is 3.82. The van der Waals surface area contributed by atoms with Gasteiger partial charge in [0.15, 0.2) is 0 Å². The molecule has 2 N–H and O–H groups in total. The van der Waals surface area contributed by atoms with Gasteiger partial charge in [-0.25, -0.2) is 14.0 Å². The average Bonchev–Trinajstić information content (AvgIpc) is 2.16. The molecule has 1 rings (SSSR count). The molecule has 0 spiro atoms. The van der Waals surface area contributed by atoms with Gasteiger partial charge in [0.2, 0.25) is 0 Å². The summed E-state index contributed by atoms with van der Waals surface area (Å²) in [6, 6.07) is 2.19. The van der Waals surface area contributed by atoms with Crippen LogP contribution >= 0.6 is 11.8 Å². The molecule has 0 aromatic heterocycles. The van der Waals surface area contributed by atoms with Crippen molar-refractivity contribution < 1.29 is 24.2 Å². The topological polar surface area (TPSA) is 74.6 Å². The maximum atomic E-state index is 13.1. The summed E-state index contributed by atoms with van der Waals surface area (Å²) < 4.78 is 13.1. The fourth-order valence-electron chi connectivity index (χ4n) is 1.15. The molecule has 6 heteroatoms. The number of carboxylic acids is 2. The fourth-order valence-corrected chi connectivity index (χ4v) is 1.75. The predicted octanol–water partition coefficient (Wildman–Crippen LogP) is 1.94. The van der Waals surface area contributed by atoms with E-state index < -0.39 is 28.9 Å². The van der Waals surface area contributed by atoms with E-state index in [2.05, 4.69) is 0 Å². The summed E-state index contributed by atoms with van der Waals surface area (Å²) >= 11 is 1.05. The molecule has 0 aliphatic rings. The Bertz CT molecular complexity index is 430. The van der Waals surface area contributed by atoms with E-state index in [4.69, 9.17) is 10.2 Å². The quantitative estimate of drug-likeness (QED) is 0.776. The summed E-state index contributed by atoms with van der Waals surface area (Å²) in [5.41, 5.74) is -1.30. The van der Waals surface area contributed by atoms with Crippen molar-refractivity contribution in [3.63, 3.8) is 0 Å². The summed E-state index contributed by atoms with van der Waals surface area (Å²) in [6.45, 7) is 0. The van der Waals surface area contributed by atoms with Crippen LogP contribution < -0.4 is 0 Å². The third-order valence-corrected chi connectivity index (χ3v) is 2.54. The number of benzene rings is 1. The van der Waals surface area contributed by atoms with Gasteiger partial charge >= 0.3 is 11.9 Å². The second kappa shape index (κ2) is 4.31. The molecule has 1 aromatic rings. The van der Waals surface area contributed by atoms with Crippen LogP contribution in [0.5, 0.6) is 0 Å². The Hall–Kier alpha value is -1.56. The van der Waals surface area contributed by atoms with E-state index in [1.807, 2.05) is 0 Å². The lowest BCUT2D eigenvalue weighted by Gasteiger charge is -2.07. The van der Waals surface area contributed by atoms with Crippen LogP contribution in [0.25, 0.3) is 0 Å². The van der Waals surface area contributed by atoms with Crippen LogP contribution in [0, 0.1) is 5.82 Å². The van der Waals surface area contributed by atoms with Crippen molar-refractivity contribution in [1.82, 2.24) is 0 Å². The van der Waals surface area contributed by atoms with E-state index in [0.29, 0.717) is 0 Å². The molecular weight excluding hydrogens is 223 g/mol. The Balaban J connectivity index is 3.58. The first-order chi connectivity index (χ1) is 6.99. The highest BCUT2D eigenvalue weighted by Gasteiger charge is 2.23. The van der Waals surface area contributed by atoms with Gasteiger partial charge in [0, 0.05) is 4.90 Å². The Kier molecular flexibility index (Phi) is 3.31. The summed E-state index contributed by atoms with van der Waals surface area (Å²) in [5, 5.41) is 17.5. The molecule has 0 unspecified atom stereocenters. The third kappa shape index (κ3) is 2.10. The maximum absolute atomic E-state index is 13.1. The van der Waals surface area contributed by atoms with E-state index in [0.717, 1.165) is 17.8 Å². The molecule has 0 amide bonds. The molecule has 1 aromatic carbocycles. The minimum absolute atomic E-state index is 0.223. The molecule has 0 atom stereocenters. The number of hydrogen-bond donors (Lipinski definition) is 2. The van der Waals surface area contributed by atoms with Gasteiger partial charge in [-0.3, -0.25) is 0 Å². The molecule has 4 nitrogen and oxygen atoms in total. The highest BCUT2D eigenvalue weighted by atomic mass is 32.2. The molecule has 0 bridgehead atoms. The van der Waals surface area contributed by atoms with Crippen LogP contribution in [0.15, 0.2) is 17.0 Å². The van der Waals surface area contributed by atoms with Crippen LogP contribution in [0.3, 0.4) is 0 Å². The Morgan fingerprint density at radius 1 is 1.20 bits per heavy atom. The van der Waals surface area contributed by atoms with Gasteiger partial charge < -0.3 is 10.2 Å². The lowest BCUT2D eigenvalue weighted by atomic mass is 10.1. The van der Waals surface area contributed by atoms with Crippen LogP contribution in [0.4, 0.5) is 4.39 Å². The standard InChI is InChI=1S/C9H7FO4S/c1-15-5-3-2-4(10)6(8(11)12)7(5)9(13)14/h2-3H,1H3,(H,11,12)(H,13,14). The average molecular weight is 230 g/mol. The lowest BCUT2D eigenvalue weighted by Crippen LogP contribution is -2.12. The van der Waals surface area contributed by atoms with Crippen molar-refractivity contribution in [1.29, 1.82) is 0 Å². The van der Waals surface area contributed by atoms with Crippen molar-refractivity contribution in [3.05, 3.63) is 29.1 Å². The number of rotatable bonds is 3. The second-order valence-electron chi connectivity index (χ2n) is 2.61. The minimum atomic E-state index is -1.58. The molecule has 0 heterocycles. The zero-order chi connectivity index (χ0) is 11.6. The third-order valence-electron chi connectivity index (χ3n) is 1.76. The van der Waals surface area contributed by atoms with Crippen molar-refractivity contribution in [2.45, 2.75) is 4.90 Å². The largest absolute Gasteiger partial charge is 0.478 e. The van der Waals surface area contributed by atoms with Gasteiger partial charge in [-0.1, -0.05) is 0 Å². The highest BCUT2D eigenvalue weighted by Crippen LogP contribution is 2.25. The summed E-state index contributed by atoms with van der Waals surface area (Å²) in [5.74, 6) is -4.07. The minimum Gasteiger partial charge on any atom is -0.478 e. The second-order valence-corrected chi connectivity index (χ2v) is 3.46. The number of hydrogen-bond acceptors (Lipinski definition) is 3. The molecular formula is C9H7FO4S. The maximum Gasteiger partial charge on any atom is 0.339 e. The number of halogens is 1. The van der Waals surface area contributed by atoms with Gasteiger partial charge in [-0.2, -0.15) is 0 Å². The van der Waals surface area contributed by atoms with Gasteiger partial charge in [0.1, 0.15) is 11.4 Å². The molecule has 15 heavy (non-hydrogen) atoms. The molecule has 80 valence electrons. The molecule has 0 saturated heterocycles. The van der Waals surface area contributed by atoms with Gasteiger partial charge in [-0.05, 0) is 18.4 Å². The first kappa shape index (κ1) is 11.5. The monoisotopic (exact) mass is 230 g/mol. The van der Waals surface area contributed by atoms with E-state index in [9.17, 15) is 14.0 Å². The molecule has 0 radical (unpaired) electrons. The van der Waals surface area contributed by atoms with E-state index >= 15 is 0 Å². The SMILES string of the molecule is CSc1ccc(F)c(C(=O)O)c1C(=O)O. The highest BCUT2D eigenvalue weighted by molar-refractivity contribution is 7.98. The van der Waals surface area contributed by atoms with E-state index in [1.165, 1.54) is 6.07 Å². The number of carbonyl (C=O) groups is 2. The van der Waals surface area contributed by atoms with Crippen LogP contribution in [-0.4, -0.2) is 28.4 Å². The lowest BCUT2D eigenvalue weighted by molar-refractivity contribution is 0.0644. The molecule has 0 fully saturated rings.